The van der Waals surface area contributed by atoms with Crippen LogP contribution in [0.5, 0.6) is 0 Å². The molecule has 0 aliphatic rings. The third kappa shape index (κ3) is 5.30. The Labute approximate surface area is 191 Å². The van der Waals surface area contributed by atoms with Gasteiger partial charge in [-0.05, 0) is 36.2 Å². The van der Waals surface area contributed by atoms with Crippen LogP contribution in [0.25, 0.3) is 17.3 Å². The summed E-state index contributed by atoms with van der Waals surface area (Å²) in [6, 6.07) is 7.19. The second-order valence-electron chi connectivity index (χ2n) is 7.54. The molecule has 0 unspecified atom stereocenters. The van der Waals surface area contributed by atoms with Crippen molar-refractivity contribution in [3.05, 3.63) is 77.5 Å². The average molecular weight is 455 g/mol. The zero-order valence-corrected chi connectivity index (χ0v) is 18.5. The summed E-state index contributed by atoms with van der Waals surface area (Å²) < 4.78 is 14.4. The molecule has 2 heterocycles. The maximum Gasteiger partial charge on any atom is 0.255 e. The van der Waals surface area contributed by atoms with Crippen molar-refractivity contribution in [3.63, 3.8) is 0 Å². The first-order valence-corrected chi connectivity index (χ1v) is 10.4. The minimum absolute atomic E-state index is 0.0553. The molecule has 0 fully saturated rings. The van der Waals surface area contributed by atoms with Gasteiger partial charge in [0.15, 0.2) is 0 Å². The molecule has 6 nitrogen and oxygen atoms in total. The predicted octanol–water partition coefficient (Wildman–Crippen LogP) is 5.07. The third-order valence-corrected chi connectivity index (χ3v) is 5.25. The first-order valence-electron chi connectivity index (χ1n) is 10.0. The van der Waals surface area contributed by atoms with Crippen LogP contribution in [0.2, 0.25) is 5.02 Å². The van der Waals surface area contributed by atoms with E-state index in [4.69, 9.17) is 11.6 Å². The summed E-state index contributed by atoms with van der Waals surface area (Å²) >= 11 is 6.03. The van der Waals surface area contributed by atoms with Gasteiger partial charge in [-0.15, -0.1) is 0 Å². The molecular formula is C24H24ClFN4O2. The standard InChI is InChI=1S/C24H24ClFN4O2/c1-4-15-11-28-22(17-9-16(25)5-6-19(17)26)10-21(15)29-20-7-8-27-12-18(20)24(32)30-23(13-31)14(2)3/h4-12,14,23,31H,1,13H2,2-3H3,(H,30,32)(H,27,28,29)/t23-/m1/s1. The highest BCUT2D eigenvalue weighted by Crippen LogP contribution is 2.30. The van der Waals surface area contributed by atoms with Crippen molar-refractivity contribution >= 4 is 35.0 Å². The summed E-state index contributed by atoms with van der Waals surface area (Å²) in [5.74, 6) is -0.768. The molecule has 32 heavy (non-hydrogen) atoms. The van der Waals surface area contributed by atoms with Crippen LogP contribution in [0.15, 0.2) is 55.5 Å². The molecule has 0 saturated heterocycles. The number of rotatable bonds is 8. The Kier molecular flexibility index (Phi) is 7.56. The van der Waals surface area contributed by atoms with E-state index < -0.39 is 11.9 Å². The quantitative estimate of drug-likeness (QED) is 0.442. The van der Waals surface area contributed by atoms with E-state index in [2.05, 4.69) is 27.2 Å². The second kappa shape index (κ2) is 10.3. The molecule has 0 spiro atoms. The van der Waals surface area contributed by atoms with Crippen LogP contribution in [0, 0.1) is 11.7 Å². The lowest BCUT2D eigenvalue weighted by Crippen LogP contribution is -2.41. The van der Waals surface area contributed by atoms with Crippen molar-refractivity contribution in [1.29, 1.82) is 0 Å². The number of carbonyl (C=O) groups excluding carboxylic acids is 1. The van der Waals surface area contributed by atoms with Gasteiger partial charge in [0.1, 0.15) is 5.82 Å². The fourth-order valence-electron chi connectivity index (χ4n) is 3.08. The number of halogens is 2. The number of nitrogens with one attached hydrogen (secondary N) is 2. The number of nitrogens with zero attached hydrogens (tertiary/aromatic N) is 2. The normalized spacial score (nSPS) is 11.8. The molecule has 1 aromatic carbocycles. The van der Waals surface area contributed by atoms with Crippen LogP contribution in [0.3, 0.4) is 0 Å². The smallest absolute Gasteiger partial charge is 0.255 e. The first-order chi connectivity index (χ1) is 15.3. The lowest BCUT2D eigenvalue weighted by atomic mass is 10.0. The van der Waals surface area contributed by atoms with Crippen LogP contribution in [-0.2, 0) is 0 Å². The fraction of sp³-hybridized carbons (Fsp3) is 0.208. The Hall–Kier alpha value is -3.29. The summed E-state index contributed by atoms with van der Waals surface area (Å²) in [4.78, 5) is 21.2. The van der Waals surface area contributed by atoms with Gasteiger partial charge in [-0.3, -0.25) is 14.8 Å². The number of anilines is 2. The number of aliphatic hydroxyl groups is 1. The second-order valence-corrected chi connectivity index (χ2v) is 7.97. The van der Waals surface area contributed by atoms with Crippen molar-refractivity contribution in [3.8, 4) is 11.3 Å². The number of pyridine rings is 2. The van der Waals surface area contributed by atoms with Gasteiger partial charge in [0.05, 0.1) is 29.6 Å². The molecule has 3 N–H and O–H groups in total. The molecule has 166 valence electrons. The zero-order valence-electron chi connectivity index (χ0n) is 17.8. The van der Waals surface area contributed by atoms with E-state index in [1.54, 1.807) is 30.6 Å². The van der Waals surface area contributed by atoms with Crippen LogP contribution in [-0.4, -0.2) is 33.6 Å². The molecular weight excluding hydrogens is 431 g/mol. The van der Waals surface area contributed by atoms with Crippen molar-refractivity contribution in [1.82, 2.24) is 15.3 Å². The molecule has 8 heteroatoms. The molecule has 0 bridgehead atoms. The molecule has 3 rings (SSSR count). The molecule has 0 aliphatic carbocycles. The number of amides is 1. The van der Waals surface area contributed by atoms with Crippen molar-refractivity contribution in [2.45, 2.75) is 19.9 Å². The lowest BCUT2D eigenvalue weighted by molar-refractivity contribution is 0.0897. The minimum atomic E-state index is -0.452. The SMILES string of the molecule is C=Cc1cnc(-c2cc(Cl)ccc2F)cc1Nc1ccncc1C(=O)N[C@H](CO)C(C)C. The number of aromatic nitrogens is 2. The Morgan fingerprint density at radius 3 is 2.72 bits per heavy atom. The summed E-state index contributed by atoms with van der Waals surface area (Å²) in [7, 11) is 0. The van der Waals surface area contributed by atoms with Gasteiger partial charge in [0.25, 0.3) is 5.91 Å². The number of hydrogen-bond acceptors (Lipinski definition) is 5. The van der Waals surface area contributed by atoms with Crippen LogP contribution >= 0.6 is 11.6 Å². The summed E-state index contributed by atoms with van der Waals surface area (Å²) in [6.45, 7) is 7.45. The number of hydrogen-bond donors (Lipinski definition) is 3. The van der Waals surface area contributed by atoms with E-state index in [0.717, 1.165) is 0 Å². The number of aliphatic hydroxyl groups excluding tert-OH is 1. The lowest BCUT2D eigenvalue weighted by Gasteiger charge is -2.21. The highest BCUT2D eigenvalue weighted by Gasteiger charge is 2.19. The fourth-order valence-corrected chi connectivity index (χ4v) is 3.25. The molecule has 2 aromatic heterocycles. The maximum absolute atomic E-state index is 14.4. The Morgan fingerprint density at radius 2 is 2.03 bits per heavy atom. The summed E-state index contributed by atoms with van der Waals surface area (Å²) in [5.41, 5.74) is 2.66. The van der Waals surface area contributed by atoms with Gasteiger partial charge in [-0.25, -0.2) is 4.39 Å². The van der Waals surface area contributed by atoms with Gasteiger partial charge in [-0.1, -0.05) is 38.1 Å². The average Bonchev–Trinajstić information content (AvgIpc) is 2.79. The summed E-state index contributed by atoms with van der Waals surface area (Å²) in [5, 5.41) is 16.0. The number of carbonyl (C=O) groups is 1. The molecule has 1 atom stereocenters. The Balaban J connectivity index is 1.98. The Bertz CT molecular complexity index is 1140. The molecule has 3 aromatic rings. The number of benzene rings is 1. The maximum atomic E-state index is 14.4. The Morgan fingerprint density at radius 1 is 1.25 bits per heavy atom. The van der Waals surface area contributed by atoms with Crippen molar-refractivity contribution < 1.29 is 14.3 Å². The monoisotopic (exact) mass is 454 g/mol. The van der Waals surface area contributed by atoms with E-state index in [1.807, 2.05) is 13.8 Å². The van der Waals surface area contributed by atoms with Crippen LogP contribution < -0.4 is 10.6 Å². The molecule has 0 saturated carbocycles. The third-order valence-electron chi connectivity index (χ3n) is 5.01. The van der Waals surface area contributed by atoms with Gasteiger partial charge in [-0.2, -0.15) is 0 Å². The summed E-state index contributed by atoms with van der Waals surface area (Å²) in [6.07, 6.45) is 6.16. The van der Waals surface area contributed by atoms with E-state index in [0.29, 0.717) is 33.2 Å². The highest BCUT2D eigenvalue weighted by molar-refractivity contribution is 6.30. The van der Waals surface area contributed by atoms with Gasteiger partial charge in [0, 0.05) is 40.4 Å². The molecule has 0 aliphatic heterocycles. The van der Waals surface area contributed by atoms with E-state index in [1.165, 1.54) is 24.4 Å². The van der Waals surface area contributed by atoms with Gasteiger partial charge < -0.3 is 15.7 Å². The van der Waals surface area contributed by atoms with Crippen molar-refractivity contribution in [2.75, 3.05) is 11.9 Å². The predicted molar refractivity (Wildman–Crippen MR) is 125 cm³/mol. The highest BCUT2D eigenvalue weighted by atomic mass is 35.5. The van der Waals surface area contributed by atoms with Crippen LogP contribution in [0.4, 0.5) is 15.8 Å². The van der Waals surface area contributed by atoms with Gasteiger partial charge >= 0.3 is 0 Å². The van der Waals surface area contributed by atoms with Crippen molar-refractivity contribution in [2.24, 2.45) is 5.92 Å². The molecule has 1 amide bonds. The van der Waals surface area contributed by atoms with E-state index in [9.17, 15) is 14.3 Å². The van der Waals surface area contributed by atoms with Gasteiger partial charge in [0.2, 0.25) is 0 Å². The molecule has 0 radical (unpaired) electrons. The largest absolute Gasteiger partial charge is 0.394 e. The minimum Gasteiger partial charge on any atom is -0.394 e. The van der Waals surface area contributed by atoms with Crippen LogP contribution in [0.1, 0.15) is 29.8 Å². The zero-order chi connectivity index (χ0) is 23.3. The van der Waals surface area contributed by atoms with E-state index in [-0.39, 0.29) is 24.0 Å². The topological polar surface area (TPSA) is 87.1 Å². The first kappa shape index (κ1) is 23.4. The van der Waals surface area contributed by atoms with E-state index >= 15 is 0 Å².